The number of nitro groups is 1. The fraction of sp³-hybridized carbons (Fsp3) is 0.417. The first-order valence-corrected chi connectivity index (χ1v) is 5.94. The fourth-order valence-electron chi connectivity index (χ4n) is 1.67. The molecule has 21 heavy (non-hydrogen) atoms. The van der Waals surface area contributed by atoms with Crippen LogP contribution in [0.25, 0.3) is 0 Å². The predicted octanol–water partition coefficient (Wildman–Crippen LogP) is 0.954. The van der Waals surface area contributed by atoms with Gasteiger partial charge in [-0.15, -0.1) is 0 Å². The van der Waals surface area contributed by atoms with E-state index in [-0.39, 0.29) is 19.7 Å². The first-order valence-electron chi connectivity index (χ1n) is 5.94. The molecule has 0 saturated heterocycles. The van der Waals surface area contributed by atoms with Gasteiger partial charge < -0.3 is 14.7 Å². The number of halogens is 2. The van der Waals surface area contributed by atoms with Gasteiger partial charge in [0.15, 0.2) is 0 Å². The number of aliphatic hydroxyl groups is 1. The average molecular weight is 304 g/mol. The van der Waals surface area contributed by atoms with Gasteiger partial charge in [0.1, 0.15) is 5.82 Å². The van der Waals surface area contributed by atoms with E-state index in [0.717, 1.165) is 4.90 Å². The molecule has 0 atom stereocenters. The number of methoxy groups -OCH3 is 1. The van der Waals surface area contributed by atoms with E-state index in [4.69, 9.17) is 9.84 Å². The number of hydrogen-bond donors (Lipinski definition) is 1. The summed E-state index contributed by atoms with van der Waals surface area (Å²) in [5.41, 5.74) is -1.87. The number of carbonyl (C=O) groups excluding carboxylic acids is 1. The summed E-state index contributed by atoms with van der Waals surface area (Å²) >= 11 is 0. The molecule has 1 rings (SSSR count). The second kappa shape index (κ2) is 7.60. The summed E-state index contributed by atoms with van der Waals surface area (Å²) in [5.74, 6) is -3.46. The van der Waals surface area contributed by atoms with Crippen LogP contribution in [0.1, 0.15) is 10.4 Å². The third-order valence-corrected chi connectivity index (χ3v) is 2.67. The molecule has 0 fully saturated rings. The van der Waals surface area contributed by atoms with Crippen LogP contribution in [0, 0.1) is 21.7 Å². The normalized spacial score (nSPS) is 10.5. The van der Waals surface area contributed by atoms with E-state index in [2.05, 4.69) is 0 Å². The zero-order chi connectivity index (χ0) is 16.0. The molecule has 1 aromatic rings. The van der Waals surface area contributed by atoms with Crippen LogP contribution in [0.4, 0.5) is 14.5 Å². The van der Waals surface area contributed by atoms with Crippen LogP contribution in [-0.2, 0) is 4.74 Å². The number of ether oxygens (including phenoxy) is 1. The molecular formula is C12H14F2N2O5. The van der Waals surface area contributed by atoms with Gasteiger partial charge in [0.05, 0.1) is 29.8 Å². The smallest absolute Gasteiger partial charge is 0.308 e. The Hall–Kier alpha value is -2.13. The van der Waals surface area contributed by atoms with Gasteiger partial charge in [-0.2, -0.15) is 4.39 Å². The van der Waals surface area contributed by atoms with Gasteiger partial charge >= 0.3 is 5.69 Å². The minimum atomic E-state index is -1.41. The average Bonchev–Trinajstić information content (AvgIpc) is 2.44. The van der Waals surface area contributed by atoms with Gasteiger partial charge in [-0.3, -0.25) is 14.9 Å². The molecule has 1 amide bonds. The van der Waals surface area contributed by atoms with Gasteiger partial charge in [-0.25, -0.2) is 4.39 Å². The van der Waals surface area contributed by atoms with Crippen molar-refractivity contribution in [2.45, 2.75) is 0 Å². The molecule has 9 heteroatoms. The Morgan fingerprint density at radius 1 is 1.43 bits per heavy atom. The number of aliphatic hydroxyl groups excluding tert-OH is 1. The Labute approximate surface area is 118 Å². The van der Waals surface area contributed by atoms with Gasteiger partial charge in [0.25, 0.3) is 5.91 Å². The molecular weight excluding hydrogens is 290 g/mol. The number of benzene rings is 1. The minimum Gasteiger partial charge on any atom is -0.395 e. The second-order valence-electron chi connectivity index (χ2n) is 4.05. The molecule has 0 bridgehead atoms. The van der Waals surface area contributed by atoms with E-state index in [1.54, 1.807) is 0 Å². The predicted molar refractivity (Wildman–Crippen MR) is 67.9 cm³/mol. The lowest BCUT2D eigenvalue weighted by Crippen LogP contribution is -2.36. The lowest BCUT2D eigenvalue weighted by molar-refractivity contribution is -0.387. The monoisotopic (exact) mass is 304 g/mol. The highest BCUT2D eigenvalue weighted by molar-refractivity contribution is 5.95. The van der Waals surface area contributed by atoms with Crippen molar-refractivity contribution in [1.29, 1.82) is 0 Å². The van der Waals surface area contributed by atoms with Crippen LogP contribution in [-0.4, -0.2) is 54.3 Å². The molecule has 1 N–H and O–H groups in total. The molecule has 0 spiro atoms. The molecule has 0 aromatic heterocycles. The maximum Gasteiger partial charge on any atom is 0.308 e. The van der Waals surface area contributed by atoms with Gasteiger partial charge in [-0.1, -0.05) is 0 Å². The van der Waals surface area contributed by atoms with Crippen LogP contribution in [0.15, 0.2) is 12.1 Å². The highest BCUT2D eigenvalue weighted by Gasteiger charge is 2.27. The van der Waals surface area contributed by atoms with E-state index in [0.29, 0.717) is 12.1 Å². The van der Waals surface area contributed by atoms with Crippen molar-refractivity contribution in [2.24, 2.45) is 0 Å². The van der Waals surface area contributed by atoms with E-state index in [9.17, 15) is 23.7 Å². The zero-order valence-electron chi connectivity index (χ0n) is 11.2. The van der Waals surface area contributed by atoms with Crippen molar-refractivity contribution in [1.82, 2.24) is 4.90 Å². The Balaban J connectivity index is 3.17. The molecule has 0 saturated carbocycles. The molecule has 0 aliphatic rings. The lowest BCUT2D eigenvalue weighted by atomic mass is 10.1. The van der Waals surface area contributed by atoms with Crippen molar-refractivity contribution in [3.05, 3.63) is 39.4 Å². The summed E-state index contributed by atoms with van der Waals surface area (Å²) in [6, 6.07) is 0.986. The molecule has 7 nitrogen and oxygen atoms in total. The Kier molecular flexibility index (Phi) is 6.12. The zero-order valence-corrected chi connectivity index (χ0v) is 11.2. The van der Waals surface area contributed by atoms with Crippen molar-refractivity contribution in [2.75, 3.05) is 33.4 Å². The molecule has 0 unspecified atom stereocenters. The Bertz CT molecular complexity index is 539. The first-order chi connectivity index (χ1) is 9.92. The number of rotatable bonds is 7. The summed E-state index contributed by atoms with van der Waals surface area (Å²) in [6.07, 6.45) is 0. The highest BCUT2D eigenvalue weighted by atomic mass is 19.1. The van der Waals surface area contributed by atoms with Crippen LogP contribution in [0.3, 0.4) is 0 Å². The standard InChI is InChI=1S/C12H14F2N2O5/c1-21-5-3-15(2-4-17)12(18)9-6-8(13)7-10(11(9)14)16(19)20/h6-7,17H,2-5H2,1H3. The third kappa shape index (κ3) is 4.17. The topological polar surface area (TPSA) is 92.9 Å². The second-order valence-corrected chi connectivity index (χ2v) is 4.05. The van der Waals surface area contributed by atoms with Crippen LogP contribution in [0.2, 0.25) is 0 Å². The fourth-order valence-corrected chi connectivity index (χ4v) is 1.67. The molecule has 0 radical (unpaired) electrons. The summed E-state index contributed by atoms with van der Waals surface area (Å²) in [5, 5.41) is 19.5. The molecule has 0 aliphatic heterocycles. The molecule has 1 aromatic carbocycles. The van der Waals surface area contributed by atoms with Crippen LogP contribution in [0.5, 0.6) is 0 Å². The Morgan fingerprint density at radius 3 is 2.62 bits per heavy atom. The highest BCUT2D eigenvalue weighted by Crippen LogP contribution is 2.23. The largest absolute Gasteiger partial charge is 0.395 e. The maximum atomic E-state index is 13.9. The minimum absolute atomic E-state index is 0.0274. The van der Waals surface area contributed by atoms with Crippen LogP contribution >= 0.6 is 0 Å². The summed E-state index contributed by atoms with van der Waals surface area (Å²) in [7, 11) is 1.38. The number of hydrogen-bond acceptors (Lipinski definition) is 5. The van der Waals surface area contributed by atoms with E-state index >= 15 is 0 Å². The third-order valence-electron chi connectivity index (χ3n) is 2.67. The SMILES string of the molecule is COCCN(CCO)C(=O)c1cc(F)cc([N+](=O)[O-])c1F. The summed E-state index contributed by atoms with van der Waals surface area (Å²) in [6.45, 7) is -0.384. The lowest BCUT2D eigenvalue weighted by Gasteiger charge is -2.21. The van der Waals surface area contributed by atoms with Gasteiger partial charge in [0, 0.05) is 20.2 Å². The number of carbonyl (C=O) groups is 1. The van der Waals surface area contributed by atoms with E-state index < -0.39 is 40.3 Å². The quantitative estimate of drug-likeness (QED) is 0.598. The van der Waals surface area contributed by atoms with Crippen molar-refractivity contribution >= 4 is 11.6 Å². The van der Waals surface area contributed by atoms with Crippen LogP contribution < -0.4 is 0 Å². The summed E-state index contributed by atoms with van der Waals surface area (Å²) in [4.78, 5) is 22.7. The van der Waals surface area contributed by atoms with Crippen molar-refractivity contribution < 1.29 is 28.3 Å². The molecule has 116 valence electrons. The van der Waals surface area contributed by atoms with E-state index in [1.165, 1.54) is 7.11 Å². The first kappa shape index (κ1) is 16.9. The number of amides is 1. The maximum absolute atomic E-state index is 13.9. The molecule has 0 heterocycles. The molecule has 0 aliphatic carbocycles. The number of nitro benzene ring substituents is 1. The summed E-state index contributed by atoms with van der Waals surface area (Å²) < 4.78 is 32.0. The Morgan fingerprint density at radius 2 is 2.10 bits per heavy atom. The van der Waals surface area contributed by atoms with Crippen molar-refractivity contribution in [3.8, 4) is 0 Å². The van der Waals surface area contributed by atoms with Crippen molar-refractivity contribution in [3.63, 3.8) is 0 Å². The number of nitrogens with zero attached hydrogens (tertiary/aromatic N) is 2. The van der Waals surface area contributed by atoms with E-state index in [1.807, 2.05) is 0 Å². The van der Waals surface area contributed by atoms with Gasteiger partial charge in [-0.05, 0) is 6.07 Å². The van der Waals surface area contributed by atoms with Gasteiger partial charge in [0.2, 0.25) is 5.82 Å².